The standard InChI is InChI=1S/C62H51NS/c1-61(2,3)44-36-43(37-45(39-44)62(4,5)6)49-27-14-19-41-20-15-29-54(59(41)49)52-24-9-11-31-56(52)63(57-32-17-30-55-53-25-10-12-33-58(53)64-60(55)57)46-22-13-21-42(38-46)48-26-16-28-50-47-23-8-7-18-40(47)34-35-51(48)50/h7-39H,1-6H3. The topological polar surface area (TPSA) is 3.24 Å². The van der Waals surface area contributed by atoms with E-state index in [4.69, 9.17) is 0 Å². The van der Waals surface area contributed by atoms with Crippen molar-refractivity contribution in [2.24, 2.45) is 0 Å². The Labute approximate surface area is 380 Å². The van der Waals surface area contributed by atoms with Gasteiger partial charge in [-0.1, -0.05) is 211 Å². The van der Waals surface area contributed by atoms with Crippen LogP contribution in [0.5, 0.6) is 0 Å². The van der Waals surface area contributed by atoms with Crippen molar-refractivity contribution in [2.75, 3.05) is 4.90 Å². The Morgan fingerprint density at radius 3 is 1.73 bits per heavy atom. The van der Waals surface area contributed by atoms with Crippen molar-refractivity contribution >= 4 is 80.9 Å². The van der Waals surface area contributed by atoms with Crippen LogP contribution >= 0.6 is 11.3 Å². The molecule has 0 radical (unpaired) electrons. The van der Waals surface area contributed by atoms with Crippen LogP contribution in [0.4, 0.5) is 17.1 Å². The average Bonchev–Trinajstić information content (AvgIpc) is 3.70. The third-order valence-electron chi connectivity index (χ3n) is 13.1. The van der Waals surface area contributed by atoms with Gasteiger partial charge in [0.1, 0.15) is 0 Å². The van der Waals surface area contributed by atoms with Crippen LogP contribution in [0.25, 0.3) is 85.9 Å². The van der Waals surface area contributed by atoms with Crippen molar-refractivity contribution in [2.45, 2.75) is 52.4 Å². The molecule has 0 unspecified atom stereocenters. The van der Waals surface area contributed by atoms with Gasteiger partial charge >= 0.3 is 0 Å². The van der Waals surface area contributed by atoms with Crippen LogP contribution in [0.2, 0.25) is 0 Å². The number of nitrogens with zero attached hydrogens (tertiary/aromatic N) is 1. The van der Waals surface area contributed by atoms with Crippen LogP contribution in [-0.2, 0) is 10.8 Å². The molecule has 0 saturated carbocycles. The maximum atomic E-state index is 2.52. The largest absolute Gasteiger partial charge is 0.308 e. The first-order chi connectivity index (χ1) is 31.0. The van der Waals surface area contributed by atoms with Gasteiger partial charge in [-0.2, -0.15) is 0 Å². The van der Waals surface area contributed by atoms with E-state index in [0.29, 0.717) is 0 Å². The summed E-state index contributed by atoms with van der Waals surface area (Å²) in [6.45, 7) is 14.0. The second-order valence-electron chi connectivity index (χ2n) is 19.4. The van der Waals surface area contributed by atoms with Gasteiger partial charge in [0.05, 0.1) is 16.1 Å². The summed E-state index contributed by atoms with van der Waals surface area (Å²) >= 11 is 1.88. The lowest BCUT2D eigenvalue weighted by Gasteiger charge is -2.29. The molecule has 0 spiro atoms. The van der Waals surface area contributed by atoms with Gasteiger partial charge in [0.2, 0.25) is 0 Å². The molecule has 0 amide bonds. The Morgan fingerprint density at radius 2 is 0.938 bits per heavy atom. The van der Waals surface area contributed by atoms with E-state index in [2.05, 4.69) is 247 Å². The molecule has 0 bridgehead atoms. The summed E-state index contributed by atoms with van der Waals surface area (Å²) in [4.78, 5) is 2.52. The average molecular weight is 842 g/mol. The molecular formula is C62H51NS. The fraction of sp³-hybridized carbons (Fsp3) is 0.129. The van der Waals surface area contributed by atoms with E-state index < -0.39 is 0 Å². The van der Waals surface area contributed by atoms with E-state index in [-0.39, 0.29) is 10.8 Å². The highest BCUT2D eigenvalue weighted by Crippen LogP contribution is 2.50. The molecule has 0 aliphatic carbocycles. The second-order valence-corrected chi connectivity index (χ2v) is 20.4. The predicted octanol–water partition coefficient (Wildman–Crippen LogP) is 18.6. The summed E-state index contributed by atoms with van der Waals surface area (Å²) in [6.07, 6.45) is 0. The number of thiophene rings is 1. The molecule has 0 aliphatic heterocycles. The number of anilines is 3. The monoisotopic (exact) mass is 841 g/mol. The number of fused-ring (bicyclic) bond motifs is 7. The minimum absolute atomic E-state index is 0.00149. The second kappa shape index (κ2) is 15.4. The molecule has 0 saturated heterocycles. The first kappa shape index (κ1) is 39.8. The molecule has 10 aromatic carbocycles. The van der Waals surface area contributed by atoms with Crippen LogP contribution < -0.4 is 4.90 Å². The van der Waals surface area contributed by atoms with Crippen molar-refractivity contribution in [3.8, 4) is 33.4 Å². The van der Waals surface area contributed by atoms with E-state index in [1.807, 2.05) is 11.3 Å². The minimum Gasteiger partial charge on any atom is -0.308 e. The number of benzene rings is 10. The van der Waals surface area contributed by atoms with E-state index >= 15 is 0 Å². The smallest absolute Gasteiger partial charge is 0.0640 e. The summed E-state index contributed by atoms with van der Waals surface area (Å²) < 4.78 is 2.56. The first-order valence-electron chi connectivity index (χ1n) is 22.5. The molecule has 310 valence electrons. The molecule has 0 aliphatic rings. The number of para-hydroxylation sites is 1. The third kappa shape index (κ3) is 6.85. The van der Waals surface area contributed by atoms with Gasteiger partial charge in [0, 0.05) is 26.7 Å². The molecule has 1 heterocycles. The maximum absolute atomic E-state index is 2.52. The lowest BCUT2D eigenvalue weighted by molar-refractivity contribution is 0.569. The van der Waals surface area contributed by atoms with Crippen molar-refractivity contribution in [1.29, 1.82) is 0 Å². The molecule has 1 aromatic heterocycles. The maximum Gasteiger partial charge on any atom is 0.0640 e. The van der Waals surface area contributed by atoms with Crippen molar-refractivity contribution in [3.63, 3.8) is 0 Å². The zero-order valence-electron chi connectivity index (χ0n) is 37.4. The Balaban J connectivity index is 1.17. The number of rotatable bonds is 6. The molecule has 1 nitrogen and oxygen atoms in total. The molecular weight excluding hydrogens is 791 g/mol. The van der Waals surface area contributed by atoms with Crippen molar-refractivity contribution < 1.29 is 0 Å². The van der Waals surface area contributed by atoms with E-state index in [9.17, 15) is 0 Å². The Bertz CT molecular complexity index is 3550. The highest BCUT2D eigenvalue weighted by molar-refractivity contribution is 7.26. The quantitative estimate of drug-likeness (QED) is 0.151. The highest BCUT2D eigenvalue weighted by atomic mass is 32.1. The molecule has 2 heteroatoms. The zero-order valence-corrected chi connectivity index (χ0v) is 38.2. The molecule has 11 rings (SSSR count). The van der Waals surface area contributed by atoms with Gasteiger partial charge in [0.25, 0.3) is 0 Å². The molecule has 64 heavy (non-hydrogen) atoms. The first-order valence-corrected chi connectivity index (χ1v) is 23.3. The zero-order chi connectivity index (χ0) is 43.7. The highest BCUT2D eigenvalue weighted by Gasteiger charge is 2.25. The summed E-state index contributed by atoms with van der Waals surface area (Å²) in [5.74, 6) is 0. The van der Waals surface area contributed by atoms with Gasteiger partial charge < -0.3 is 4.90 Å². The van der Waals surface area contributed by atoms with Crippen molar-refractivity contribution in [3.05, 3.63) is 211 Å². The Kier molecular flexibility index (Phi) is 9.56. The third-order valence-corrected chi connectivity index (χ3v) is 14.4. The van der Waals surface area contributed by atoms with Gasteiger partial charge in [-0.05, 0) is 112 Å². The minimum atomic E-state index is -0.00149. The van der Waals surface area contributed by atoms with Crippen molar-refractivity contribution in [1.82, 2.24) is 0 Å². The SMILES string of the molecule is CC(C)(C)c1cc(-c2cccc3cccc(-c4ccccc4N(c4cccc(-c5cccc6c5ccc5ccccc56)c4)c4cccc5c4sc4ccccc45)c23)cc(C(C)(C)C)c1. The van der Waals surface area contributed by atoms with Crippen LogP contribution in [0.3, 0.4) is 0 Å². The molecule has 11 aromatic rings. The van der Waals surface area contributed by atoms with E-state index in [1.54, 1.807) is 0 Å². The van der Waals surface area contributed by atoms with E-state index in [0.717, 1.165) is 11.4 Å². The fourth-order valence-electron chi connectivity index (χ4n) is 9.77. The molecule has 0 fully saturated rings. The number of hydrogen-bond donors (Lipinski definition) is 0. The molecule has 0 N–H and O–H groups in total. The Hall–Kier alpha value is -7.00. The van der Waals surface area contributed by atoms with Gasteiger partial charge in [-0.25, -0.2) is 0 Å². The van der Waals surface area contributed by atoms with Gasteiger partial charge in [-0.15, -0.1) is 11.3 Å². The number of hydrogen-bond acceptors (Lipinski definition) is 2. The lowest BCUT2D eigenvalue weighted by Crippen LogP contribution is -2.16. The van der Waals surface area contributed by atoms with Gasteiger partial charge in [0.15, 0.2) is 0 Å². The summed E-state index contributed by atoms with van der Waals surface area (Å²) in [5.41, 5.74) is 13.4. The summed E-state index contributed by atoms with van der Waals surface area (Å²) in [5, 5.41) is 10.1. The van der Waals surface area contributed by atoms with E-state index in [1.165, 1.54) is 103 Å². The predicted molar refractivity (Wildman–Crippen MR) is 280 cm³/mol. The fourth-order valence-corrected chi connectivity index (χ4v) is 11.0. The Morgan fingerprint density at radius 1 is 0.359 bits per heavy atom. The normalized spacial score (nSPS) is 12.2. The van der Waals surface area contributed by atoms with Crippen LogP contribution in [0.15, 0.2) is 200 Å². The van der Waals surface area contributed by atoms with Crippen LogP contribution in [0.1, 0.15) is 52.7 Å². The van der Waals surface area contributed by atoms with Crippen LogP contribution in [0, 0.1) is 0 Å². The van der Waals surface area contributed by atoms with Crippen LogP contribution in [-0.4, -0.2) is 0 Å². The summed E-state index contributed by atoms with van der Waals surface area (Å²) in [6, 6.07) is 74.9. The summed E-state index contributed by atoms with van der Waals surface area (Å²) in [7, 11) is 0. The molecule has 0 atom stereocenters. The lowest BCUT2D eigenvalue weighted by atomic mass is 9.78. The van der Waals surface area contributed by atoms with Gasteiger partial charge in [-0.3, -0.25) is 0 Å².